The topological polar surface area (TPSA) is 124 Å². The summed E-state index contributed by atoms with van der Waals surface area (Å²) < 4.78 is 64.1. The average molecular weight is 1090 g/mol. The fourth-order valence-electron chi connectivity index (χ4n) is 9.25. The summed E-state index contributed by atoms with van der Waals surface area (Å²) in [5, 5.41) is 0. The highest BCUT2D eigenvalue weighted by atomic mass is 19.1. The molecule has 0 fully saturated rings. The molecule has 12 heteroatoms. The minimum Gasteiger partial charge on any atom is -0.494 e. The third kappa shape index (κ3) is 24.1. The van der Waals surface area contributed by atoms with Crippen molar-refractivity contribution in [1.82, 2.24) is 0 Å². The first-order valence-electron chi connectivity index (χ1n) is 29.6. The van der Waals surface area contributed by atoms with Crippen molar-refractivity contribution in [2.45, 2.75) is 201 Å². The molecule has 0 N–H and O–H groups in total. The van der Waals surface area contributed by atoms with Crippen LogP contribution in [0.25, 0.3) is 0 Å². The number of halogens is 2. The van der Waals surface area contributed by atoms with E-state index in [1.807, 2.05) is 0 Å². The molecule has 79 heavy (non-hydrogen) atoms. The van der Waals surface area contributed by atoms with Crippen molar-refractivity contribution in [3.63, 3.8) is 0 Å². The van der Waals surface area contributed by atoms with E-state index in [0.29, 0.717) is 24.7 Å². The Hall–Kier alpha value is -6.56. The van der Waals surface area contributed by atoms with E-state index in [4.69, 9.17) is 28.4 Å². The van der Waals surface area contributed by atoms with Crippen LogP contribution in [0.1, 0.15) is 241 Å². The van der Waals surface area contributed by atoms with Crippen LogP contribution >= 0.6 is 0 Å². The van der Waals surface area contributed by atoms with Crippen LogP contribution in [-0.2, 0) is 0 Å². The summed E-state index contributed by atoms with van der Waals surface area (Å²) in [6.07, 6.45) is 35.9. The molecule has 0 aliphatic carbocycles. The molecule has 0 amide bonds. The van der Waals surface area contributed by atoms with Gasteiger partial charge in [0.25, 0.3) is 0 Å². The van der Waals surface area contributed by atoms with Crippen molar-refractivity contribution < 1.29 is 56.4 Å². The fraction of sp³-hybridized carbons (Fsp3) is 0.493. The summed E-state index contributed by atoms with van der Waals surface area (Å²) in [5.74, 6) is -4.66. The van der Waals surface area contributed by atoms with Crippen LogP contribution in [0.5, 0.6) is 34.5 Å². The van der Waals surface area contributed by atoms with E-state index in [0.717, 1.165) is 49.9 Å². The average Bonchev–Trinajstić information content (AvgIpc) is 3.44. The molecule has 0 radical (unpaired) electrons. The summed E-state index contributed by atoms with van der Waals surface area (Å²) in [4.78, 5) is 52.1. The van der Waals surface area contributed by atoms with Gasteiger partial charge >= 0.3 is 23.9 Å². The highest BCUT2D eigenvalue weighted by Crippen LogP contribution is 2.31. The van der Waals surface area contributed by atoms with Gasteiger partial charge in [0.2, 0.25) is 0 Å². The minimum absolute atomic E-state index is 0.0513. The van der Waals surface area contributed by atoms with Crippen molar-refractivity contribution >= 4 is 23.9 Å². The smallest absolute Gasteiger partial charge is 0.346 e. The van der Waals surface area contributed by atoms with Crippen LogP contribution < -0.4 is 28.4 Å². The summed E-state index contributed by atoms with van der Waals surface area (Å²) in [5.41, 5.74) is -0.225. The van der Waals surface area contributed by atoms with Crippen molar-refractivity contribution in [2.75, 3.05) is 13.2 Å². The second kappa shape index (κ2) is 37.3. The van der Waals surface area contributed by atoms with Crippen LogP contribution in [0.3, 0.4) is 0 Å². The Morgan fingerprint density at radius 2 is 0.633 bits per heavy atom. The summed E-state index contributed by atoms with van der Waals surface area (Å²) in [7, 11) is 0. The molecule has 0 aliphatic heterocycles. The van der Waals surface area contributed by atoms with Gasteiger partial charge in [0.1, 0.15) is 46.1 Å². The maximum atomic E-state index is 15.3. The first-order valence-corrected chi connectivity index (χ1v) is 29.6. The number of benzene rings is 5. The van der Waals surface area contributed by atoms with E-state index in [-0.39, 0.29) is 39.7 Å². The van der Waals surface area contributed by atoms with Crippen LogP contribution in [0.2, 0.25) is 0 Å². The third-order valence-electron chi connectivity index (χ3n) is 14.1. The van der Waals surface area contributed by atoms with Gasteiger partial charge in [-0.05, 0) is 105 Å². The van der Waals surface area contributed by atoms with Crippen LogP contribution in [0.15, 0.2) is 103 Å². The molecule has 0 atom stereocenters. The Bertz CT molecular complexity index is 2400. The van der Waals surface area contributed by atoms with Gasteiger partial charge in [-0.3, -0.25) is 0 Å². The Balaban J connectivity index is 0.974. The largest absolute Gasteiger partial charge is 0.494 e. The lowest BCUT2D eigenvalue weighted by atomic mass is 10.0. The molecular weight excluding hydrogens is 1000 g/mol. The normalized spacial score (nSPS) is 11.1. The maximum Gasteiger partial charge on any atom is 0.346 e. The van der Waals surface area contributed by atoms with E-state index >= 15 is 8.78 Å². The number of hydrogen-bond donors (Lipinski definition) is 0. The molecule has 0 aliphatic rings. The summed E-state index contributed by atoms with van der Waals surface area (Å²) >= 11 is 0. The van der Waals surface area contributed by atoms with Crippen molar-refractivity contribution in [2.24, 2.45) is 0 Å². The van der Waals surface area contributed by atoms with Crippen molar-refractivity contribution in [3.05, 3.63) is 143 Å². The first kappa shape index (κ1) is 63.3. The number of hydrogen-bond acceptors (Lipinski definition) is 10. The third-order valence-corrected chi connectivity index (χ3v) is 14.1. The molecule has 0 spiro atoms. The van der Waals surface area contributed by atoms with Gasteiger partial charge in [0.15, 0.2) is 0 Å². The highest BCUT2D eigenvalue weighted by molar-refractivity contribution is 5.94. The second-order valence-corrected chi connectivity index (χ2v) is 20.7. The van der Waals surface area contributed by atoms with Gasteiger partial charge in [0.05, 0.1) is 35.5 Å². The van der Waals surface area contributed by atoms with Crippen LogP contribution in [0.4, 0.5) is 8.78 Å². The Morgan fingerprint density at radius 1 is 0.342 bits per heavy atom. The SMILES string of the molecule is CCCCCCCCCCCCCCCCOc1ccc(C(=O)Oc2ccc(C(=O)Oc3cccc(OC(=O)c4ccc(OC(=O)c5ccc(OCCCCCCCCCCCCCCCC)cc5)cc4F)c3C)c(F)c2)cc1. The Morgan fingerprint density at radius 3 is 0.937 bits per heavy atom. The first-order chi connectivity index (χ1) is 38.6. The van der Waals surface area contributed by atoms with Gasteiger partial charge in [-0.15, -0.1) is 0 Å². The zero-order chi connectivity index (χ0) is 56.3. The molecule has 428 valence electrons. The van der Waals surface area contributed by atoms with Crippen LogP contribution in [0, 0.1) is 18.6 Å². The van der Waals surface area contributed by atoms with Gasteiger partial charge in [0, 0.05) is 17.7 Å². The monoisotopic (exact) mass is 1090 g/mol. The predicted molar refractivity (Wildman–Crippen MR) is 308 cm³/mol. The molecule has 0 bridgehead atoms. The van der Waals surface area contributed by atoms with Gasteiger partial charge in [-0.1, -0.05) is 187 Å². The maximum absolute atomic E-state index is 15.3. The quantitative estimate of drug-likeness (QED) is 0.0213. The summed E-state index contributed by atoms with van der Waals surface area (Å²) in [6.45, 7) is 7.18. The van der Waals surface area contributed by atoms with Gasteiger partial charge in [-0.2, -0.15) is 0 Å². The van der Waals surface area contributed by atoms with Crippen molar-refractivity contribution in [3.8, 4) is 34.5 Å². The number of rotatable bonds is 40. The lowest BCUT2D eigenvalue weighted by Gasteiger charge is -2.13. The number of esters is 4. The molecule has 0 saturated carbocycles. The molecule has 0 aromatic heterocycles. The Kier molecular flexibility index (Phi) is 29.9. The lowest BCUT2D eigenvalue weighted by molar-refractivity contribution is 0.0719. The van der Waals surface area contributed by atoms with Crippen LogP contribution in [-0.4, -0.2) is 37.1 Å². The standard InChI is InChI=1S/C67H86F2O10/c1-4-6-8-10-12-14-16-18-20-22-24-26-28-30-47-74-54-39-35-52(36-40-54)64(70)76-56-43-45-58(60(68)49-56)66(72)78-62-33-32-34-63(51(62)3)79-67(73)59-46-44-57(50-61(59)69)77-65(71)53-37-41-55(42-38-53)75-48-31-29-27-25-23-21-19-17-15-13-11-9-7-5-2/h32-46,49-50H,4-31,47-48H2,1-3H3. The predicted octanol–water partition coefficient (Wildman–Crippen LogP) is 18.9. The minimum atomic E-state index is -1.07. The zero-order valence-corrected chi connectivity index (χ0v) is 47.4. The number of carbonyl (C=O) groups is 4. The van der Waals surface area contributed by atoms with E-state index in [2.05, 4.69) is 13.8 Å². The number of ether oxygens (including phenoxy) is 6. The molecular formula is C67H86F2O10. The zero-order valence-electron chi connectivity index (χ0n) is 47.4. The van der Waals surface area contributed by atoms with E-state index in [1.54, 1.807) is 48.5 Å². The molecule has 0 unspecified atom stereocenters. The lowest BCUT2D eigenvalue weighted by Crippen LogP contribution is -2.14. The number of unbranched alkanes of at least 4 members (excludes halogenated alkanes) is 26. The van der Waals surface area contributed by atoms with Gasteiger partial charge in [-0.25, -0.2) is 28.0 Å². The molecule has 10 nitrogen and oxygen atoms in total. The second-order valence-electron chi connectivity index (χ2n) is 20.7. The molecule has 0 heterocycles. The molecule has 0 saturated heterocycles. The van der Waals surface area contributed by atoms with E-state index in [1.165, 1.54) is 191 Å². The highest BCUT2D eigenvalue weighted by Gasteiger charge is 2.22. The summed E-state index contributed by atoms with van der Waals surface area (Å²) in [6, 6.07) is 23.9. The fourth-order valence-corrected chi connectivity index (χ4v) is 9.25. The molecule has 5 aromatic carbocycles. The molecule has 5 aromatic rings. The Labute approximate surface area is 469 Å². The van der Waals surface area contributed by atoms with Gasteiger partial charge < -0.3 is 28.4 Å². The van der Waals surface area contributed by atoms with Crippen molar-refractivity contribution in [1.29, 1.82) is 0 Å². The number of carbonyl (C=O) groups excluding carboxylic acids is 4. The molecule has 5 rings (SSSR count). The van der Waals surface area contributed by atoms with E-state index in [9.17, 15) is 19.2 Å². The van der Waals surface area contributed by atoms with E-state index < -0.39 is 46.6 Å².